The molecular weight excluding hydrogens is 376 g/mol. The third kappa shape index (κ3) is 7.14. The van der Waals surface area contributed by atoms with Crippen molar-refractivity contribution in [3.8, 4) is 0 Å². The minimum absolute atomic E-state index is 0.130. The first-order valence-corrected chi connectivity index (χ1v) is 11.6. The Balaban J connectivity index is 1.74. The van der Waals surface area contributed by atoms with Crippen LogP contribution in [-0.4, -0.2) is 23.1 Å². The molecule has 168 valence electrons. The van der Waals surface area contributed by atoms with Crippen molar-refractivity contribution in [3.05, 3.63) is 34.4 Å². The van der Waals surface area contributed by atoms with Gasteiger partial charge in [-0.1, -0.05) is 31.4 Å². The molecule has 0 amide bonds. The van der Waals surface area contributed by atoms with Crippen LogP contribution in [0.4, 0.5) is 0 Å². The maximum Gasteiger partial charge on any atom is 0.309 e. The zero-order valence-electron chi connectivity index (χ0n) is 19.4. The first-order chi connectivity index (χ1) is 14.2. The molecule has 0 aromatic heterocycles. The van der Waals surface area contributed by atoms with Crippen molar-refractivity contribution in [3.63, 3.8) is 0 Å². The second kappa shape index (κ2) is 11.0. The Kier molecular flexibility index (Phi) is 8.93. The van der Waals surface area contributed by atoms with Crippen LogP contribution >= 0.6 is 0 Å². The summed E-state index contributed by atoms with van der Waals surface area (Å²) in [6.45, 7) is 8.69. The molecule has 0 unspecified atom stereocenters. The molecule has 0 radical (unpaired) electrons. The molecule has 0 bridgehead atoms. The minimum atomic E-state index is -0.700. The molecule has 1 aromatic carbocycles. The van der Waals surface area contributed by atoms with Crippen LogP contribution in [0.5, 0.6) is 0 Å². The Morgan fingerprint density at radius 1 is 1.07 bits per heavy atom. The Morgan fingerprint density at radius 3 is 2.37 bits per heavy atom. The standard InChI is InChI=1S/C26H40O4/c1-20-13-14-22(11-8-10-16-26(17-18-26)30-19-27)21(2)23(20)12-7-5-6-9-15-25(3,4)24(28)29/h13-14,19H,5-12,15-18H2,1-4H3,(H,28,29). The lowest BCUT2D eigenvalue weighted by Crippen LogP contribution is -2.23. The summed E-state index contributed by atoms with van der Waals surface area (Å²) in [5.41, 5.74) is 5.00. The molecule has 0 aliphatic heterocycles. The summed E-state index contributed by atoms with van der Waals surface area (Å²) in [4.78, 5) is 21.8. The van der Waals surface area contributed by atoms with Gasteiger partial charge >= 0.3 is 5.97 Å². The van der Waals surface area contributed by atoms with Gasteiger partial charge < -0.3 is 9.84 Å². The lowest BCUT2D eigenvalue weighted by molar-refractivity contribution is -0.147. The molecule has 1 aromatic rings. The fourth-order valence-corrected chi connectivity index (χ4v) is 4.36. The van der Waals surface area contributed by atoms with Crippen molar-refractivity contribution in [2.75, 3.05) is 0 Å². The zero-order chi connectivity index (χ0) is 22.2. The molecule has 1 fully saturated rings. The second-order valence-corrected chi connectivity index (χ2v) is 9.85. The molecule has 4 nitrogen and oxygen atoms in total. The van der Waals surface area contributed by atoms with Gasteiger partial charge in [0.2, 0.25) is 0 Å². The van der Waals surface area contributed by atoms with Crippen molar-refractivity contribution in [1.29, 1.82) is 0 Å². The number of unbranched alkanes of at least 4 members (excludes halogenated alkanes) is 4. The first kappa shape index (κ1) is 24.4. The number of aryl methyl sites for hydroxylation is 2. The van der Waals surface area contributed by atoms with E-state index in [4.69, 9.17) is 4.74 Å². The highest BCUT2D eigenvalue weighted by atomic mass is 16.5. The number of benzene rings is 1. The summed E-state index contributed by atoms with van der Waals surface area (Å²) in [6, 6.07) is 4.53. The number of rotatable bonds is 15. The van der Waals surface area contributed by atoms with Gasteiger partial charge in [-0.25, -0.2) is 0 Å². The lowest BCUT2D eigenvalue weighted by atomic mass is 9.86. The molecule has 30 heavy (non-hydrogen) atoms. The Hall–Kier alpha value is -1.84. The quantitative estimate of drug-likeness (QED) is 0.268. The summed E-state index contributed by atoms with van der Waals surface area (Å²) < 4.78 is 5.24. The maximum absolute atomic E-state index is 11.2. The molecule has 0 saturated heterocycles. The number of carbonyl (C=O) groups excluding carboxylic acids is 1. The molecule has 0 heterocycles. The predicted octanol–water partition coefficient (Wildman–Crippen LogP) is 6.33. The van der Waals surface area contributed by atoms with Gasteiger partial charge in [-0.05, 0) is 108 Å². The van der Waals surface area contributed by atoms with E-state index < -0.39 is 11.4 Å². The topological polar surface area (TPSA) is 63.6 Å². The number of carbonyl (C=O) groups is 2. The maximum atomic E-state index is 11.2. The van der Waals surface area contributed by atoms with E-state index in [1.165, 1.54) is 22.3 Å². The van der Waals surface area contributed by atoms with Gasteiger partial charge in [0.1, 0.15) is 5.60 Å². The smallest absolute Gasteiger partial charge is 0.309 e. The number of hydrogen-bond acceptors (Lipinski definition) is 3. The number of carboxylic acids is 1. The van der Waals surface area contributed by atoms with E-state index >= 15 is 0 Å². The first-order valence-electron chi connectivity index (χ1n) is 11.6. The van der Waals surface area contributed by atoms with Gasteiger partial charge in [-0.15, -0.1) is 0 Å². The summed E-state index contributed by atoms with van der Waals surface area (Å²) in [7, 11) is 0. The summed E-state index contributed by atoms with van der Waals surface area (Å²) >= 11 is 0. The van der Waals surface area contributed by atoms with Gasteiger partial charge in [0.25, 0.3) is 6.47 Å². The monoisotopic (exact) mass is 416 g/mol. The zero-order valence-corrected chi connectivity index (χ0v) is 19.4. The van der Waals surface area contributed by atoms with Crippen LogP contribution in [-0.2, 0) is 27.2 Å². The summed E-state index contributed by atoms with van der Waals surface area (Å²) in [5, 5.41) is 9.20. The van der Waals surface area contributed by atoms with Crippen molar-refractivity contribution >= 4 is 12.4 Å². The number of aliphatic carboxylic acids is 1. The summed E-state index contributed by atoms with van der Waals surface area (Å²) in [5.74, 6) is -0.700. The molecule has 1 saturated carbocycles. The molecular formula is C26H40O4. The van der Waals surface area contributed by atoms with Crippen LogP contribution in [0.2, 0.25) is 0 Å². The van der Waals surface area contributed by atoms with E-state index in [-0.39, 0.29) is 5.60 Å². The molecule has 1 aliphatic carbocycles. The van der Waals surface area contributed by atoms with Crippen molar-refractivity contribution in [2.24, 2.45) is 5.41 Å². The largest absolute Gasteiger partial charge is 0.481 e. The van der Waals surface area contributed by atoms with E-state index in [2.05, 4.69) is 26.0 Å². The Bertz CT molecular complexity index is 716. The number of carboxylic acid groups (broad SMARTS) is 1. The van der Waals surface area contributed by atoms with E-state index in [1.807, 2.05) is 13.8 Å². The Labute approximate surface area is 182 Å². The molecule has 2 rings (SSSR count). The average molecular weight is 417 g/mol. The molecule has 0 spiro atoms. The van der Waals surface area contributed by atoms with Crippen LogP contribution in [0.15, 0.2) is 12.1 Å². The normalized spacial score (nSPS) is 15.1. The van der Waals surface area contributed by atoms with Gasteiger partial charge in [0, 0.05) is 0 Å². The van der Waals surface area contributed by atoms with E-state index in [9.17, 15) is 14.7 Å². The molecule has 1 N–H and O–H groups in total. The number of ether oxygens (including phenoxy) is 1. The fourth-order valence-electron chi connectivity index (χ4n) is 4.36. The van der Waals surface area contributed by atoms with Crippen LogP contribution in [0, 0.1) is 19.3 Å². The van der Waals surface area contributed by atoms with Gasteiger partial charge in [0.15, 0.2) is 0 Å². The number of hydrogen-bond donors (Lipinski definition) is 1. The van der Waals surface area contributed by atoms with Gasteiger partial charge in [-0.2, -0.15) is 0 Å². The SMILES string of the molecule is Cc1ccc(CCCCC2(OC=O)CC2)c(C)c1CCCCCCC(C)(C)C(=O)O. The van der Waals surface area contributed by atoms with Crippen molar-refractivity contribution in [1.82, 2.24) is 0 Å². The van der Waals surface area contributed by atoms with Crippen molar-refractivity contribution in [2.45, 2.75) is 110 Å². The van der Waals surface area contributed by atoms with Crippen LogP contribution < -0.4 is 0 Å². The van der Waals surface area contributed by atoms with Gasteiger partial charge in [0.05, 0.1) is 5.41 Å². The summed E-state index contributed by atoms with van der Waals surface area (Å²) in [6.07, 6.45) is 12.6. The highest BCUT2D eigenvalue weighted by Crippen LogP contribution is 2.43. The molecule has 1 aliphatic rings. The van der Waals surface area contributed by atoms with Crippen LogP contribution in [0.3, 0.4) is 0 Å². The molecule has 4 heteroatoms. The lowest BCUT2D eigenvalue weighted by Gasteiger charge is -2.18. The van der Waals surface area contributed by atoms with Gasteiger partial charge in [-0.3, -0.25) is 9.59 Å². The third-order valence-electron chi connectivity index (χ3n) is 6.94. The highest BCUT2D eigenvalue weighted by molar-refractivity contribution is 5.73. The predicted molar refractivity (Wildman–Crippen MR) is 121 cm³/mol. The third-order valence-corrected chi connectivity index (χ3v) is 6.94. The van der Waals surface area contributed by atoms with Crippen LogP contribution in [0.1, 0.15) is 100 Å². The van der Waals surface area contributed by atoms with E-state index in [1.54, 1.807) is 0 Å². The highest BCUT2D eigenvalue weighted by Gasteiger charge is 2.44. The van der Waals surface area contributed by atoms with Crippen molar-refractivity contribution < 1.29 is 19.4 Å². The minimum Gasteiger partial charge on any atom is -0.481 e. The average Bonchev–Trinajstić information content (AvgIpc) is 3.45. The fraction of sp³-hybridized carbons (Fsp3) is 0.692. The Morgan fingerprint density at radius 2 is 1.73 bits per heavy atom. The second-order valence-electron chi connectivity index (χ2n) is 9.85. The van der Waals surface area contributed by atoms with E-state index in [0.29, 0.717) is 6.47 Å². The van der Waals surface area contributed by atoms with E-state index in [0.717, 1.165) is 77.0 Å². The van der Waals surface area contributed by atoms with Crippen LogP contribution in [0.25, 0.3) is 0 Å². The molecule has 0 atom stereocenters.